The van der Waals surface area contributed by atoms with E-state index in [9.17, 15) is 45.6 Å². The first-order valence-electron chi connectivity index (χ1n) is 33.8. The maximum Gasteiger partial charge on any atom is 0.220 e. The lowest BCUT2D eigenvalue weighted by Crippen LogP contribution is -2.65. The summed E-state index contributed by atoms with van der Waals surface area (Å²) >= 11 is 0. The van der Waals surface area contributed by atoms with E-state index in [4.69, 9.17) is 18.9 Å². The van der Waals surface area contributed by atoms with Gasteiger partial charge in [0.2, 0.25) is 5.91 Å². The first-order chi connectivity index (χ1) is 42.1. The van der Waals surface area contributed by atoms with E-state index in [1.54, 1.807) is 0 Å². The smallest absolute Gasteiger partial charge is 0.220 e. The molecule has 0 aromatic carbocycles. The molecule has 0 saturated carbocycles. The predicted octanol–water partition coefficient (Wildman–Crippen LogP) is 13.3. The van der Waals surface area contributed by atoms with Gasteiger partial charge >= 0.3 is 0 Å². The van der Waals surface area contributed by atoms with Crippen LogP contribution in [0.15, 0.2) is 122 Å². The zero-order chi connectivity index (χ0) is 62.3. The molecule has 86 heavy (non-hydrogen) atoms. The molecule has 0 aromatic heterocycles. The largest absolute Gasteiger partial charge is 0.394 e. The van der Waals surface area contributed by atoms with Crippen molar-refractivity contribution in [3.63, 3.8) is 0 Å². The number of carbonyl (C=O) groups excluding carboxylic acids is 1. The Hall–Kier alpha value is -3.61. The highest BCUT2D eigenvalue weighted by Crippen LogP contribution is 2.30. The molecular formula is C72H121NO13. The molecule has 0 aliphatic carbocycles. The first kappa shape index (κ1) is 78.5. The first-order valence-corrected chi connectivity index (χ1v) is 33.8. The predicted molar refractivity (Wildman–Crippen MR) is 350 cm³/mol. The molecule has 0 radical (unpaired) electrons. The van der Waals surface area contributed by atoms with Crippen LogP contribution in [0, 0.1) is 0 Å². The van der Waals surface area contributed by atoms with Crippen LogP contribution in [0.3, 0.4) is 0 Å². The number of hydrogen-bond donors (Lipinski definition) is 9. The van der Waals surface area contributed by atoms with Gasteiger partial charge in [-0.2, -0.15) is 0 Å². The number of ether oxygens (including phenoxy) is 4. The number of hydrogen-bond acceptors (Lipinski definition) is 13. The topological polar surface area (TPSA) is 228 Å². The second-order valence-electron chi connectivity index (χ2n) is 23.2. The molecule has 14 nitrogen and oxygen atoms in total. The van der Waals surface area contributed by atoms with Gasteiger partial charge in [0.1, 0.15) is 48.8 Å². The molecule has 0 aromatic rings. The average Bonchev–Trinajstić information content (AvgIpc) is 1.83. The molecule has 2 saturated heterocycles. The van der Waals surface area contributed by atoms with Crippen molar-refractivity contribution in [2.24, 2.45) is 0 Å². The summed E-state index contributed by atoms with van der Waals surface area (Å²) in [6.45, 7) is 2.73. The summed E-state index contributed by atoms with van der Waals surface area (Å²) in [5.41, 5.74) is 0. The molecule has 2 fully saturated rings. The van der Waals surface area contributed by atoms with Crippen LogP contribution in [-0.2, 0) is 23.7 Å². The SMILES string of the molecule is CC/C=C\C/C=C\C/C=C\C/C=C\C/C=C\C/C=C\C/C=C\C/C=C\C/C=C\C/C=C\CCCCCCCCC(=O)NC(COC1OC(CO)C(OC2OC(CO)C(O)C(O)C2O)C(O)C1O)C(O)CCCCCCCCCCCCCCCCC. The monoisotopic (exact) mass is 1210 g/mol. The molecule has 2 aliphatic rings. The van der Waals surface area contributed by atoms with Crippen LogP contribution in [0.4, 0.5) is 0 Å². The van der Waals surface area contributed by atoms with Crippen molar-refractivity contribution in [1.29, 1.82) is 0 Å². The lowest BCUT2D eigenvalue weighted by molar-refractivity contribution is -0.359. The molecule has 14 heteroatoms. The van der Waals surface area contributed by atoms with Gasteiger partial charge in [-0.25, -0.2) is 0 Å². The normalized spacial score (nSPS) is 24.2. The zero-order valence-electron chi connectivity index (χ0n) is 53.3. The third-order valence-corrected chi connectivity index (χ3v) is 15.7. The van der Waals surface area contributed by atoms with Gasteiger partial charge < -0.3 is 65.1 Å². The number of allylic oxidation sites excluding steroid dienone is 20. The molecular weight excluding hydrogens is 1090 g/mol. The number of rotatable bonds is 53. The average molecular weight is 1210 g/mol. The summed E-state index contributed by atoms with van der Waals surface area (Å²) in [7, 11) is 0. The second-order valence-corrected chi connectivity index (χ2v) is 23.2. The Bertz CT molecular complexity index is 1910. The summed E-state index contributed by atoms with van der Waals surface area (Å²) < 4.78 is 22.9. The van der Waals surface area contributed by atoms with Crippen molar-refractivity contribution in [1.82, 2.24) is 5.32 Å². The van der Waals surface area contributed by atoms with Gasteiger partial charge in [-0.1, -0.05) is 257 Å². The van der Waals surface area contributed by atoms with E-state index in [1.807, 2.05) is 0 Å². The summed E-state index contributed by atoms with van der Waals surface area (Å²) in [6, 6.07) is -0.846. The number of unbranched alkanes of at least 4 members (excludes halogenated alkanes) is 20. The van der Waals surface area contributed by atoms with Crippen molar-refractivity contribution in [3.05, 3.63) is 122 Å². The Balaban J connectivity index is 1.66. The maximum atomic E-state index is 13.3. The molecule has 2 rings (SSSR count). The number of amides is 1. The van der Waals surface area contributed by atoms with E-state index in [-0.39, 0.29) is 18.9 Å². The van der Waals surface area contributed by atoms with Crippen LogP contribution < -0.4 is 5.32 Å². The van der Waals surface area contributed by atoms with E-state index in [0.29, 0.717) is 12.8 Å². The Morgan fingerprint density at radius 1 is 0.430 bits per heavy atom. The Morgan fingerprint density at radius 2 is 0.802 bits per heavy atom. The lowest BCUT2D eigenvalue weighted by Gasteiger charge is -2.46. The van der Waals surface area contributed by atoms with E-state index >= 15 is 0 Å². The standard InChI is InChI=1S/C72H121NO13/c1-3-5-7-9-11-13-15-17-19-20-21-22-23-24-25-26-27-28-29-30-31-32-33-34-35-36-37-38-39-40-42-44-46-48-50-52-54-56-64(77)73-60(61(76)55-53-51-49-47-45-43-41-18-16-14-12-10-8-6-4-2)59-83-71-69(82)67(80)70(63(58-75)85-71)86-72-68(81)66(79)65(78)62(57-74)84-72/h5,7,11,13,17,19,21-22,24-25,27-28,30-31,33-34,36-37,39-40,60-63,65-72,74-76,78-82H,3-4,6,8-10,12,14-16,18,20,23,26,29,32,35,38,41-59H2,1-2H3,(H,73,77)/b7-5-,13-11-,19-17-,22-21-,25-24-,28-27-,31-30-,34-33-,37-36-,40-39-. The molecule has 12 unspecified atom stereocenters. The molecule has 1 amide bonds. The molecule has 12 atom stereocenters. The number of carbonyl (C=O) groups is 1. The van der Waals surface area contributed by atoms with Crippen LogP contribution in [0.25, 0.3) is 0 Å². The molecule has 9 N–H and O–H groups in total. The van der Waals surface area contributed by atoms with Crippen molar-refractivity contribution in [2.45, 2.75) is 306 Å². The van der Waals surface area contributed by atoms with Crippen LogP contribution in [0.5, 0.6) is 0 Å². The molecule has 492 valence electrons. The van der Waals surface area contributed by atoms with Crippen molar-refractivity contribution in [2.75, 3.05) is 19.8 Å². The lowest BCUT2D eigenvalue weighted by atomic mass is 9.97. The van der Waals surface area contributed by atoms with Crippen molar-refractivity contribution < 1.29 is 64.6 Å². The molecule has 2 heterocycles. The van der Waals surface area contributed by atoms with E-state index in [2.05, 4.69) is 141 Å². The van der Waals surface area contributed by atoms with Gasteiger partial charge in [-0.15, -0.1) is 0 Å². The molecule has 2 aliphatic heterocycles. The highest BCUT2D eigenvalue weighted by atomic mass is 16.7. The van der Waals surface area contributed by atoms with Gasteiger partial charge in [0.25, 0.3) is 0 Å². The van der Waals surface area contributed by atoms with E-state index < -0.39 is 86.8 Å². The third-order valence-electron chi connectivity index (χ3n) is 15.7. The zero-order valence-corrected chi connectivity index (χ0v) is 53.3. The fourth-order valence-electron chi connectivity index (χ4n) is 10.3. The van der Waals surface area contributed by atoms with Crippen LogP contribution >= 0.6 is 0 Å². The van der Waals surface area contributed by atoms with Gasteiger partial charge in [0.15, 0.2) is 12.6 Å². The number of nitrogens with one attached hydrogen (secondary N) is 1. The second kappa shape index (κ2) is 55.5. The minimum absolute atomic E-state index is 0.226. The highest BCUT2D eigenvalue weighted by molar-refractivity contribution is 5.76. The summed E-state index contributed by atoms with van der Waals surface area (Å²) in [4.78, 5) is 13.3. The maximum absolute atomic E-state index is 13.3. The Morgan fingerprint density at radius 3 is 1.23 bits per heavy atom. The summed E-state index contributed by atoms with van der Waals surface area (Å²) in [6.07, 6.45) is 63.4. The van der Waals surface area contributed by atoms with Crippen molar-refractivity contribution in [3.8, 4) is 0 Å². The number of aliphatic hydroxyl groups is 8. The fourth-order valence-corrected chi connectivity index (χ4v) is 10.3. The highest BCUT2D eigenvalue weighted by Gasteiger charge is 2.51. The van der Waals surface area contributed by atoms with Gasteiger partial charge in [0, 0.05) is 6.42 Å². The van der Waals surface area contributed by atoms with Gasteiger partial charge in [-0.3, -0.25) is 4.79 Å². The van der Waals surface area contributed by atoms with E-state index in [0.717, 1.165) is 128 Å². The number of aliphatic hydroxyl groups excluding tert-OH is 8. The Kier molecular flexibility index (Phi) is 50.6. The minimum Gasteiger partial charge on any atom is -0.394 e. The quantitative estimate of drug-likeness (QED) is 0.0204. The van der Waals surface area contributed by atoms with Crippen LogP contribution in [-0.4, -0.2) is 140 Å². The van der Waals surface area contributed by atoms with Gasteiger partial charge in [-0.05, 0) is 89.9 Å². The molecule has 0 spiro atoms. The Labute approximate surface area is 520 Å². The van der Waals surface area contributed by atoms with Crippen LogP contribution in [0.1, 0.15) is 232 Å². The molecule has 0 bridgehead atoms. The van der Waals surface area contributed by atoms with Gasteiger partial charge in [0.05, 0.1) is 32.0 Å². The van der Waals surface area contributed by atoms with Crippen molar-refractivity contribution >= 4 is 5.91 Å². The van der Waals surface area contributed by atoms with E-state index in [1.165, 1.54) is 70.6 Å². The minimum atomic E-state index is -1.79. The summed E-state index contributed by atoms with van der Waals surface area (Å²) in [5, 5.41) is 87.4. The van der Waals surface area contributed by atoms with Crippen LogP contribution in [0.2, 0.25) is 0 Å². The summed E-state index contributed by atoms with van der Waals surface area (Å²) in [5.74, 6) is -0.226. The third kappa shape index (κ3) is 39.4. The fraction of sp³-hybridized carbons (Fsp3) is 0.708.